The van der Waals surface area contributed by atoms with Crippen molar-refractivity contribution in [2.45, 2.75) is 75.7 Å². The second-order valence-electron chi connectivity index (χ2n) is 9.26. The number of carbonyl (C=O) groups excluding carboxylic acids is 1. The van der Waals surface area contributed by atoms with Gasteiger partial charge >= 0.3 is 5.97 Å². The van der Waals surface area contributed by atoms with Crippen LogP contribution in [0.3, 0.4) is 0 Å². The van der Waals surface area contributed by atoms with E-state index in [0.29, 0.717) is 30.4 Å². The van der Waals surface area contributed by atoms with Crippen LogP contribution in [0.5, 0.6) is 5.75 Å². The van der Waals surface area contributed by atoms with Crippen LogP contribution >= 0.6 is 23.2 Å². The Morgan fingerprint density at radius 3 is 2.77 bits per heavy atom. The average molecular weight is 530 g/mol. The Bertz CT molecular complexity index is 811. The monoisotopic (exact) mass is 528 g/mol. The van der Waals surface area contributed by atoms with Gasteiger partial charge < -0.3 is 23.7 Å². The Hall–Kier alpha value is -1.31. The zero-order valence-corrected chi connectivity index (χ0v) is 22.3. The summed E-state index contributed by atoms with van der Waals surface area (Å²) in [6.45, 7) is 1.69. The van der Waals surface area contributed by atoms with Crippen molar-refractivity contribution >= 4 is 29.2 Å². The molecule has 2 aliphatic rings. The smallest absolute Gasteiger partial charge is 0.305 e. The van der Waals surface area contributed by atoms with Crippen molar-refractivity contribution in [3.05, 3.63) is 40.9 Å². The first-order valence-electron chi connectivity index (χ1n) is 12.5. The van der Waals surface area contributed by atoms with Crippen LogP contribution in [-0.4, -0.2) is 51.2 Å². The SMILES string of the molecule is COCc1cc(Cl)cc(OC[C@@H]2[C@@H](CC=CCCCC(=O)OC)[C@H](Cl)C[C@H]2OC2CCCCO2)c1. The van der Waals surface area contributed by atoms with Gasteiger partial charge in [0.25, 0.3) is 0 Å². The van der Waals surface area contributed by atoms with Crippen molar-refractivity contribution in [2.24, 2.45) is 11.8 Å². The summed E-state index contributed by atoms with van der Waals surface area (Å²) in [5.41, 5.74) is 0.964. The highest BCUT2D eigenvalue weighted by Crippen LogP contribution is 2.41. The van der Waals surface area contributed by atoms with Crippen molar-refractivity contribution in [3.8, 4) is 5.75 Å². The Balaban J connectivity index is 1.63. The third-order valence-corrected chi connectivity index (χ3v) is 7.37. The number of ether oxygens (including phenoxy) is 5. The molecule has 1 aliphatic carbocycles. The highest BCUT2D eigenvalue weighted by molar-refractivity contribution is 6.30. The van der Waals surface area contributed by atoms with Crippen molar-refractivity contribution in [3.63, 3.8) is 0 Å². The molecule has 6 nitrogen and oxygen atoms in total. The van der Waals surface area contributed by atoms with E-state index in [1.165, 1.54) is 7.11 Å². The third-order valence-electron chi connectivity index (χ3n) is 6.65. The van der Waals surface area contributed by atoms with Crippen molar-refractivity contribution in [2.75, 3.05) is 27.4 Å². The van der Waals surface area contributed by atoms with E-state index in [1.54, 1.807) is 7.11 Å². The molecule has 8 heteroatoms. The van der Waals surface area contributed by atoms with Crippen LogP contribution in [0.2, 0.25) is 5.02 Å². The largest absolute Gasteiger partial charge is 0.493 e. The van der Waals surface area contributed by atoms with E-state index in [1.807, 2.05) is 18.2 Å². The lowest BCUT2D eigenvalue weighted by atomic mass is 9.91. The van der Waals surface area contributed by atoms with E-state index >= 15 is 0 Å². The molecule has 35 heavy (non-hydrogen) atoms. The summed E-state index contributed by atoms with van der Waals surface area (Å²) in [6.07, 6.45) is 10.8. The standard InChI is InChI=1S/C27H38Cl2O6/c1-31-17-19-13-20(28)15-21(14-19)34-18-23-22(9-5-3-4-6-10-26(30)32-2)24(29)16-25(23)35-27-11-7-8-12-33-27/h3,5,13-15,22-25,27H,4,6-12,16-18H2,1-2H3/t22-,23-,24-,25-,27?/m1/s1. The molecule has 1 aromatic carbocycles. The molecule has 196 valence electrons. The van der Waals surface area contributed by atoms with Gasteiger partial charge in [0, 0.05) is 36.5 Å². The van der Waals surface area contributed by atoms with Crippen LogP contribution < -0.4 is 4.74 Å². The maximum absolute atomic E-state index is 11.3. The number of methoxy groups -OCH3 is 2. The van der Waals surface area contributed by atoms with Crippen LogP contribution in [0.1, 0.15) is 56.9 Å². The minimum absolute atomic E-state index is 0.0136. The summed E-state index contributed by atoms with van der Waals surface area (Å²) in [6, 6.07) is 5.66. The molecule has 5 atom stereocenters. The number of allylic oxidation sites excluding steroid dienone is 2. The van der Waals surface area contributed by atoms with Gasteiger partial charge in [-0.05, 0) is 74.6 Å². The predicted molar refractivity (Wildman–Crippen MR) is 137 cm³/mol. The number of alkyl halides is 1. The van der Waals surface area contributed by atoms with E-state index in [0.717, 1.165) is 57.1 Å². The molecule has 1 aliphatic heterocycles. The Labute approximate surface area is 219 Å². The molecule has 0 N–H and O–H groups in total. The first-order chi connectivity index (χ1) is 17.0. The molecule has 3 rings (SSSR count). The van der Waals surface area contributed by atoms with Crippen LogP contribution in [0.4, 0.5) is 0 Å². The molecule has 0 amide bonds. The van der Waals surface area contributed by atoms with Gasteiger partial charge in [-0.3, -0.25) is 4.79 Å². The van der Waals surface area contributed by atoms with Gasteiger partial charge in [-0.1, -0.05) is 23.8 Å². The minimum Gasteiger partial charge on any atom is -0.493 e. The molecule has 0 radical (unpaired) electrons. The topological polar surface area (TPSA) is 63.2 Å². The number of hydrogen-bond donors (Lipinski definition) is 0. The molecule has 1 saturated heterocycles. The number of esters is 1. The lowest BCUT2D eigenvalue weighted by Crippen LogP contribution is -2.34. The summed E-state index contributed by atoms with van der Waals surface area (Å²) >= 11 is 13.1. The fourth-order valence-electron chi connectivity index (χ4n) is 4.82. The average Bonchev–Trinajstić information content (AvgIpc) is 3.13. The maximum atomic E-state index is 11.3. The molecule has 1 aromatic rings. The van der Waals surface area contributed by atoms with Gasteiger partial charge in [0.05, 0.1) is 26.4 Å². The van der Waals surface area contributed by atoms with Crippen LogP contribution in [0.25, 0.3) is 0 Å². The molecule has 1 unspecified atom stereocenters. The molecular formula is C27H38Cl2O6. The normalized spacial score (nSPS) is 26.8. The van der Waals surface area contributed by atoms with Gasteiger partial charge in [0.15, 0.2) is 6.29 Å². The van der Waals surface area contributed by atoms with Gasteiger partial charge in [-0.15, -0.1) is 11.6 Å². The first-order valence-corrected chi connectivity index (χ1v) is 13.4. The van der Waals surface area contributed by atoms with E-state index in [2.05, 4.69) is 12.2 Å². The fraction of sp³-hybridized carbons (Fsp3) is 0.667. The second-order valence-corrected chi connectivity index (χ2v) is 10.3. The molecule has 2 fully saturated rings. The molecule has 1 saturated carbocycles. The minimum atomic E-state index is -0.174. The van der Waals surface area contributed by atoms with Gasteiger partial charge in [0.1, 0.15) is 5.75 Å². The predicted octanol–water partition coefficient (Wildman–Crippen LogP) is 6.31. The maximum Gasteiger partial charge on any atom is 0.305 e. The Morgan fingerprint density at radius 2 is 2.03 bits per heavy atom. The Morgan fingerprint density at radius 1 is 1.17 bits per heavy atom. The quantitative estimate of drug-likeness (QED) is 0.129. The Kier molecular flexibility index (Phi) is 12.2. The number of unbranched alkanes of at least 4 members (excludes halogenated alkanes) is 1. The number of carbonyl (C=O) groups is 1. The number of benzene rings is 1. The number of hydrogen-bond acceptors (Lipinski definition) is 6. The summed E-state index contributed by atoms with van der Waals surface area (Å²) in [4.78, 5) is 11.3. The zero-order chi connectivity index (χ0) is 25.0. The highest BCUT2D eigenvalue weighted by atomic mass is 35.5. The first kappa shape index (κ1) is 28.3. The molecule has 0 bridgehead atoms. The van der Waals surface area contributed by atoms with Crippen molar-refractivity contribution < 1.29 is 28.5 Å². The van der Waals surface area contributed by atoms with E-state index in [-0.39, 0.29) is 35.6 Å². The summed E-state index contributed by atoms with van der Waals surface area (Å²) in [5.74, 6) is 0.867. The fourth-order valence-corrected chi connectivity index (χ4v) is 5.54. The molecule has 1 heterocycles. The zero-order valence-electron chi connectivity index (χ0n) is 20.8. The lowest BCUT2D eigenvalue weighted by Gasteiger charge is -2.30. The lowest BCUT2D eigenvalue weighted by molar-refractivity contribution is -0.197. The van der Waals surface area contributed by atoms with Gasteiger partial charge in [-0.2, -0.15) is 0 Å². The van der Waals surface area contributed by atoms with Crippen LogP contribution in [-0.2, 0) is 30.3 Å². The van der Waals surface area contributed by atoms with E-state index in [9.17, 15) is 4.79 Å². The molecular weight excluding hydrogens is 491 g/mol. The van der Waals surface area contributed by atoms with Crippen molar-refractivity contribution in [1.29, 1.82) is 0 Å². The highest BCUT2D eigenvalue weighted by Gasteiger charge is 2.44. The summed E-state index contributed by atoms with van der Waals surface area (Å²) in [5, 5.41) is 0.603. The van der Waals surface area contributed by atoms with Crippen LogP contribution in [0.15, 0.2) is 30.4 Å². The molecule has 0 aromatic heterocycles. The van der Waals surface area contributed by atoms with E-state index in [4.69, 9.17) is 46.9 Å². The summed E-state index contributed by atoms with van der Waals surface area (Å²) < 4.78 is 28.4. The number of halogens is 2. The third kappa shape index (κ3) is 9.25. The van der Waals surface area contributed by atoms with E-state index < -0.39 is 0 Å². The summed E-state index contributed by atoms with van der Waals surface area (Å²) in [7, 11) is 3.07. The molecule has 0 spiro atoms. The van der Waals surface area contributed by atoms with Gasteiger partial charge in [-0.25, -0.2) is 0 Å². The van der Waals surface area contributed by atoms with Crippen molar-refractivity contribution in [1.82, 2.24) is 0 Å². The number of rotatable bonds is 13. The second kappa shape index (κ2) is 15.1. The van der Waals surface area contributed by atoms with Gasteiger partial charge in [0.2, 0.25) is 0 Å². The van der Waals surface area contributed by atoms with Crippen LogP contribution in [0, 0.1) is 11.8 Å².